The minimum Gasteiger partial charge on any atom is -0.393 e. The van der Waals surface area contributed by atoms with Crippen LogP contribution in [-0.2, 0) is 14.2 Å². The van der Waals surface area contributed by atoms with Crippen molar-refractivity contribution in [1.29, 1.82) is 0 Å². The van der Waals surface area contributed by atoms with Gasteiger partial charge in [-0.25, -0.2) is 0 Å². The zero-order valence-corrected chi connectivity index (χ0v) is 10.5. The number of rotatable bonds is 3. The second kappa shape index (κ2) is 5.58. The molecule has 8 nitrogen and oxygen atoms in total. The molecule has 0 aromatic rings. The molecule has 0 saturated carbocycles. The number of hydrogen-bond donors (Lipinski definition) is 5. The van der Waals surface area contributed by atoms with E-state index in [1.54, 1.807) is 6.92 Å². The van der Waals surface area contributed by atoms with Gasteiger partial charge in [0.1, 0.15) is 30.0 Å². The van der Waals surface area contributed by atoms with E-state index in [0.717, 1.165) is 0 Å². The molecule has 2 fully saturated rings. The summed E-state index contributed by atoms with van der Waals surface area (Å²) in [6, 6.07) is 0. The highest BCUT2D eigenvalue weighted by molar-refractivity contribution is 4.95. The third-order valence-electron chi connectivity index (χ3n) is 3.62. The van der Waals surface area contributed by atoms with Gasteiger partial charge in [-0.2, -0.15) is 0 Å². The van der Waals surface area contributed by atoms with Gasteiger partial charge in [0.25, 0.3) is 0 Å². The molecule has 2 rings (SSSR count). The highest BCUT2D eigenvalue weighted by atomic mass is 16.7. The molecule has 112 valence electrons. The molecule has 8 heteroatoms. The Morgan fingerprint density at radius 3 is 2.47 bits per heavy atom. The van der Waals surface area contributed by atoms with Crippen LogP contribution in [0.25, 0.3) is 0 Å². The van der Waals surface area contributed by atoms with E-state index in [1.165, 1.54) is 0 Å². The van der Waals surface area contributed by atoms with E-state index in [4.69, 9.17) is 19.3 Å². The Bertz CT molecular complexity index is 311. The summed E-state index contributed by atoms with van der Waals surface area (Å²) in [6.45, 7) is 0.703. The van der Waals surface area contributed by atoms with E-state index in [1.807, 2.05) is 0 Å². The van der Waals surface area contributed by atoms with Crippen molar-refractivity contribution in [2.75, 3.05) is 19.8 Å². The summed E-state index contributed by atoms with van der Waals surface area (Å²) in [4.78, 5) is 0. The summed E-state index contributed by atoms with van der Waals surface area (Å²) >= 11 is 0. The van der Waals surface area contributed by atoms with Crippen LogP contribution in [0.1, 0.15) is 6.92 Å². The zero-order valence-electron chi connectivity index (χ0n) is 10.5. The highest BCUT2D eigenvalue weighted by Crippen LogP contribution is 2.28. The van der Waals surface area contributed by atoms with Crippen LogP contribution in [0.2, 0.25) is 0 Å². The fourth-order valence-corrected chi connectivity index (χ4v) is 2.14. The van der Waals surface area contributed by atoms with Crippen molar-refractivity contribution in [3.8, 4) is 0 Å². The molecule has 0 bridgehead atoms. The highest BCUT2D eigenvalue weighted by Gasteiger charge is 2.50. The van der Waals surface area contributed by atoms with E-state index in [2.05, 4.69) is 0 Å². The molecule has 0 aliphatic carbocycles. The molecule has 0 aromatic heterocycles. The van der Waals surface area contributed by atoms with Gasteiger partial charge < -0.3 is 39.7 Å². The fraction of sp³-hybridized carbons (Fsp3) is 1.00. The van der Waals surface area contributed by atoms with Crippen molar-refractivity contribution in [3.05, 3.63) is 0 Å². The summed E-state index contributed by atoms with van der Waals surface area (Å²) in [7, 11) is 0. The third-order valence-corrected chi connectivity index (χ3v) is 3.62. The van der Waals surface area contributed by atoms with Crippen molar-refractivity contribution in [2.24, 2.45) is 0 Å². The van der Waals surface area contributed by atoms with Gasteiger partial charge in [0, 0.05) is 0 Å². The summed E-state index contributed by atoms with van der Waals surface area (Å²) in [6.07, 6.45) is -6.32. The second-order valence-electron chi connectivity index (χ2n) is 5.08. The Hall–Kier alpha value is -0.320. The van der Waals surface area contributed by atoms with Crippen molar-refractivity contribution in [1.82, 2.24) is 0 Å². The van der Waals surface area contributed by atoms with Crippen LogP contribution in [0.3, 0.4) is 0 Å². The fourth-order valence-electron chi connectivity index (χ4n) is 2.14. The molecule has 0 aromatic carbocycles. The maximum Gasteiger partial charge on any atom is 0.187 e. The van der Waals surface area contributed by atoms with E-state index in [0.29, 0.717) is 0 Å². The normalized spacial score (nSPS) is 51.5. The molecule has 2 heterocycles. The lowest BCUT2D eigenvalue weighted by atomic mass is 9.99. The molecule has 0 spiro atoms. The lowest BCUT2D eigenvalue weighted by Crippen LogP contribution is -2.55. The summed E-state index contributed by atoms with van der Waals surface area (Å²) in [5, 5.41) is 48.1. The number of aliphatic hydroxyl groups is 5. The Morgan fingerprint density at radius 2 is 1.89 bits per heavy atom. The summed E-state index contributed by atoms with van der Waals surface area (Å²) in [5.41, 5.74) is -1.78. The lowest BCUT2D eigenvalue weighted by molar-refractivity contribution is -0.256. The van der Waals surface area contributed by atoms with Gasteiger partial charge in [-0.05, 0) is 6.92 Å². The minimum atomic E-state index is -1.78. The largest absolute Gasteiger partial charge is 0.393 e. The first-order chi connectivity index (χ1) is 8.89. The Morgan fingerprint density at radius 1 is 1.21 bits per heavy atom. The molecule has 7 atom stereocenters. The predicted molar refractivity (Wildman–Crippen MR) is 60.1 cm³/mol. The van der Waals surface area contributed by atoms with E-state index < -0.39 is 49.0 Å². The van der Waals surface area contributed by atoms with E-state index in [9.17, 15) is 20.4 Å². The first-order valence-electron chi connectivity index (χ1n) is 6.15. The van der Waals surface area contributed by atoms with Crippen LogP contribution in [0.5, 0.6) is 0 Å². The van der Waals surface area contributed by atoms with Gasteiger partial charge in [-0.15, -0.1) is 0 Å². The monoisotopic (exact) mass is 280 g/mol. The summed E-state index contributed by atoms with van der Waals surface area (Å²) < 4.78 is 15.6. The zero-order chi connectivity index (χ0) is 14.2. The first-order valence-corrected chi connectivity index (χ1v) is 6.15. The molecule has 19 heavy (non-hydrogen) atoms. The van der Waals surface area contributed by atoms with Crippen LogP contribution in [0, 0.1) is 0 Å². The quantitative estimate of drug-likeness (QED) is 0.369. The van der Waals surface area contributed by atoms with E-state index >= 15 is 0 Å². The van der Waals surface area contributed by atoms with E-state index in [-0.39, 0.29) is 13.2 Å². The van der Waals surface area contributed by atoms with Gasteiger partial charge in [-0.3, -0.25) is 0 Å². The van der Waals surface area contributed by atoms with Crippen LogP contribution < -0.4 is 0 Å². The molecule has 0 amide bonds. The first kappa shape index (κ1) is 15.1. The average Bonchev–Trinajstić information content (AvgIpc) is 2.68. The minimum absolute atomic E-state index is 0.0313. The third kappa shape index (κ3) is 2.76. The topological polar surface area (TPSA) is 129 Å². The Kier molecular flexibility index (Phi) is 4.43. The molecule has 2 saturated heterocycles. The number of hydrogen-bond acceptors (Lipinski definition) is 8. The van der Waals surface area contributed by atoms with Gasteiger partial charge >= 0.3 is 0 Å². The van der Waals surface area contributed by atoms with Crippen LogP contribution in [0.4, 0.5) is 0 Å². The maximum absolute atomic E-state index is 9.84. The molecule has 2 aliphatic rings. The van der Waals surface area contributed by atoms with Gasteiger partial charge in [-0.1, -0.05) is 0 Å². The number of ether oxygens (including phenoxy) is 3. The van der Waals surface area contributed by atoms with Gasteiger partial charge in [0.05, 0.1) is 25.9 Å². The maximum atomic E-state index is 9.84. The van der Waals surface area contributed by atoms with Crippen LogP contribution in [0.15, 0.2) is 0 Å². The number of aliphatic hydroxyl groups excluding tert-OH is 4. The Labute approximate surface area is 110 Å². The molecular formula is C11H20O8. The molecule has 0 unspecified atom stereocenters. The second-order valence-corrected chi connectivity index (χ2v) is 5.08. The van der Waals surface area contributed by atoms with Crippen LogP contribution in [-0.4, -0.2) is 87.8 Å². The molecule has 2 aliphatic heterocycles. The SMILES string of the molecule is C[C@@H]1OC[C@H](O[C@@H]2OC[C@](O)(CO)[C@H]2O)[C@H](O)[C@H]1O. The van der Waals surface area contributed by atoms with Crippen molar-refractivity contribution < 1.29 is 39.7 Å². The van der Waals surface area contributed by atoms with Crippen molar-refractivity contribution in [2.45, 2.75) is 49.3 Å². The lowest BCUT2D eigenvalue weighted by Gasteiger charge is -2.37. The standard InChI is InChI=1S/C11H20O8/c1-5-7(13)8(14)6(2-17-5)19-10-9(15)11(16,3-12)4-18-10/h5-10,12-16H,2-4H2,1H3/t5-,6-,7-,8-,9-,10-,11+/m0/s1. The average molecular weight is 280 g/mol. The Balaban J connectivity index is 1.95. The smallest absolute Gasteiger partial charge is 0.187 e. The predicted octanol–water partition coefficient (Wildman–Crippen LogP) is -3.05. The van der Waals surface area contributed by atoms with Crippen LogP contribution >= 0.6 is 0 Å². The van der Waals surface area contributed by atoms with Gasteiger partial charge in [0.2, 0.25) is 0 Å². The summed E-state index contributed by atoms with van der Waals surface area (Å²) in [5.74, 6) is 0. The molecule has 0 radical (unpaired) electrons. The molecule has 5 N–H and O–H groups in total. The van der Waals surface area contributed by atoms with Crippen molar-refractivity contribution in [3.63, 3.8) is 0 Å². The molecular weight excluding hydrogens is 260 g/mol. The van der Waals surface area contributed by atoms with Gasteiger partial charge in [0.15, 0.2) is 6.29 Å². The van der Waals surface area contributed by atoms with Crippen molar-refractivity contribution >= 4 is 0 Å².